The number of thiazole rings is 1. The lowest BCUT2D eigenvalue weighted by Gasteiger charge is -2.08. The van der Waals surface area contributed by atoms with E-state index in [1.54, 1.807) is 37.4 Å². The summed E-state index contributed by atoms with van der Waals surface area (Å²) in [7, 11) is 0. The predicted molar refractivity (Wildman–Crippen MR) is 128 cm³/mol. The number of benzene rings is 1. The number of aromatic nitrogens is 3. The standard InChI is InChI=1S/C20H18ClN7O2S2/c1-9(22)17(29)25-8-10-6-11(21)16-15(7-10)32-20(27-16)28-18(30)14-3-2-13(31-14)12-4-5-24-19(23)26-12/h2-7,9H,8,22H2,1H3,(H,25,29)(H2,23,24,26)(H,27,28,30)/t9-/m0/s1. The molecule has 2 amide bonds. The Morgan fingerprint density at radius 3 is 2.75 bits per heavy atom. The highest BCUT2D eigenvalue weighted by molar-refractivity contribution is 7.22. The quantitative estimate of drug-likeness (QED) is 0.326. The molecular formula is C20H18ClN7O2S2. The molecule has 1 aromatic carbocycles. The molecule has 0 bridgehead atoms. The number of nitrogen functional groups attached to an aromatic ring is 1. The van der Waals surface area contributed by atoms with Crippen LogP contribution in [0.25, 0.3) is 20.8 Å². The van der Waals surface area contributed by atoms with Crippen LogP contribution in [0.5, 0.6) is 0 Å². The fourth-order valence-corrected chi connectivity index (χ4v) is 4.98. The van der Waals surface area contributed by atoms with Crippen LogP contribution in [0.1, 0.15) is 22.2 Å². The van der Waals surface area contributed by atoms with E-state index in [0.29, 0.717) is 32.8 Å². The topological polar surface area (TPSA) is 149 Å². The summed E-state index contributed by atoms with van der Waals surface area (Å²) < 4.78 is 0.793. The number of halogens is 1. The number of carbonyl (C=O) groups is 2. The zero-order valence-electron chi connectivity index (χ0n) is 16.8. The molecule has 1 atom stereocenters. The zero-order valence-corrected chi connectivity index (χ0v) is 19.1. The second-order valence-electron chi connectivity index (χ2n) is 6.87. The molecule has 0 saturated carbocycles. The van der Waals surface area contributed by atoms with Crippen LogP contribution >= 0.6 is 34.3 Å². The van der Waals surface area contributed by atoms with Crippen LogP contribution in [0.15, 0.2) is 36.5 Å². The molecule has 0 aliphatic carbocycles. The van der Waals surface area contributed by atoms with Gasteiger partial charge in [0.1, 0.15) is 5.52 Å². The molecule has 164 valence electrons. The van der Waals surface area contributed by atoms with Crippen molar-refractivity contribution in [1.82, 2.24) is 20.3 Å². The Morgan fingerprint density at radius 2 is 2.00 bits per heavy atom. The largest absolute Gasteiger partial charge is 0.368 e. The van der Waals surface area contributed by atoms with Crippen molar-refractivity contribution in [3.05, 3.63) is 52.0 Å². The summed E-state index contributed by atoms with van der Waals surface area (Å²) in [6.45, 7) is 1.91. The van der Waals surface area contributed by atoms with Gasteiger partial charge in [0.2, 0.25) is 11.9 Å². The molecule has 4 rings (SSSR count). The van der Waals surface area contributed by atoms with Crippen molar-refractivity contribution in [2.75, 3.05) is 11.1 Å². The van der Waals surface area contributed by atoms with Crippen molar-refractivity contribution in [2.24, 2.45) is 5.73 Å². The minimum absolute atomic E-state index is 0.171. The first kappa shape index (κ1) is 22.1. The van der Waals surface area contributed by atoms with Gasteiger partial charge in [-0.25, -0.2) is 15.0 Å². The van der Waals surface area contributed by atoms with Crippen molar-refractivity contribution in [3.8, 4) is 10.6 Å². The van der Waals surface area contributed by atoms with E-state index in [4.69, 9.17) is 23.1 Å². The smallest absolute Gasteiger partial charge is 0.267 e. The second-order valence-corrected chi connectivity index (χ2v) is 9.39. The van der Waals surface area contributed by atoms with Crippen molar-refractivity contribution in [1.29, 1.82) is 0 Å². The van der Waals surface area contributed by atoms with Gasteiger partial charge in [0.05, 0.1) is 31.2 Å². The molecule has 0 unspecified atom stereocenters. The first-order valence-corrected chi connectivity index (χ1v) is 11.4. The number of rotatable bonds is 6. The summed E-state index contributed by atoms with van der Waals surface area (Å²) >= 11 is 8.95. The molecule has 0 aliphatic rings. The number of nitrogens with zero attached hydrogens (tertiary/aromatic N) is 3. The number of anilines is 2. The van der Waals surface area contributed by atoms with Crippen LogP contribution < -0.4 is 22.1 Å². The van der Waals surface area contributed by atoms with E-state index in [0.717, 1.165) is 15.1 Å². The van der Waals surface area contributed by atoms with E-state index in [1.807, 2.05) is 6.07 Å². The molecule has 12 heteroatoms. The molecule has 0 spiro atoms. The summed E-state index contributed by atoms with van der Waals surface area (Å²) in [4.78, 5) is 38.2. The molecule has 9 nitrogen and oxygen atoms in total. The van der Waals surface area contributed by atoms with Gasteiger partial charge in [-0.1, -0.05) is 22.9 Å². The fraction of sp³-hybridized carbons (Fsp3) is 0.150. The molecule has 32 heavy (non-hydrogen) atoms. The molecule has 0 radical (unpaired) electrons. The number of thiophene rings is 1. The Labute approximate surface area is 195 Å². The van der Waals surface area contributed by atoms with Gasteiger partial charge in [-0.15, -0.1) is 11.3 Å². The lowest BCUT2D eigenvalue weighted by Crippen LogP contribution is -2.37. The molecule has 3 heterocycles. The number of nitrogens with one attached hydrogen (secondary N) is 2. The third-order valence-electron chi connectivity index (χ3n) is 4.37. The molecule has 0 saturated heterocycles. The average Bonchev–Trinajstić information content (AvgIpc) is 3.39. The van der Waals surface area contributed by atoms with Gasteiger partial charge in [0.15, 0.2) is 5.13 Å². The van der Waals surface area contributed by atoms with Crippen LogP contribution in [0, 0.1) is 0 Å². The summed E-state index contributed by atoms with van der Waals surface area (Å²) in [5.41, 5.74) is 13.2. The van der Waals surface area contributed by atoms with Gasteiger partial charge < -0.3 is 16.8 Å². The second kappa shape index (κ2) is 9.17. The van der Waals surface area contributed by atoms with E-state index in [1.165, 1.54) is 22.7 Å². The van der Waals surface area contributed by atoms with Crippen LogP contribution in [0.4, 0.5) is 11.1 Å². The molecule has 3 aromatic heterocycles. The monoisotopic (exact) mass is 487 g/mol. The number of hydrogen-bond acceptors (Lipinski definition) is 9. The van der Waals surface area contributed by atoms with Crippen molar-refractivity contribution < 1.29 is 9.59 Å². The fourth-order valence-electron chi connectivity index (χ4n) is 2.82. The van der Waals surface area contributed by atoms with Gasteiger partial charge in [-0.2, -0.15) is 0 Å². The van der Waals surface area contributed by atoms with E-state index >= 15 is 0 Å². The van der Waals surface area contributed by atoms with Gasteiger partial charge in [0, 0.05) is 12.7 Å². The van der Waals surface area contributed by atoms with Crippen LogP contribution in [0.3, 0.4) is 0 Å². The van der Waals surface area contributed by atoms with Crippen LogP contribution in [0.2, 0.25) is 5.02 Å². The Balaban J connectivity index is 1.50. The highest BCUT2D eigenvalue weighted by Crippen LogP contribution is 2.33. The number of carbonyl (C=O) groups excluding carboxylic acids is 2. The zero-order chi connectivity index (χ0) is 22.8. The van der Waals surface area contributed by atoms with Crippen molar-refractivity contribution in [3.63, 3.8) is 0 Å². The Hall–Kier alpha value is -3.12. The highest BCUT2D eigenvalue weighted by atomic mass is 35.5. The average molecular weight is 488 g/mol. The first-order valence-electron chi connectivity index (χ1n) is 9.42. The third kappa shape index (κ3) is 4.86. The molecular weight excluding hydrogens is 470 g/mol. The van der Waals surface area contributed by atoms with Crippen molar-refractivity contribution in [2.45, 2.75) is 19.5 Å². The number of fused-ring (bicyclic) bond motifs is 1. The van der Waals surface area contributed by atoms with Crippen LogP contribution in [-0.2, 0) is 11.3 Å². The first-order chi connectivity index (χ1) is 15.3. The highest BCUT2D eigenvalue weighted by Gasteiger charge is 2.16. The normalized spacial score (nSPS) is 12.0. The van der Waals surface area contributed by atoms with Crippen molar-refractivity contribution >= 4 is 67.4 Å². The maximum Gasteiger partial charge on any atom is 0.267 e. The van der Waals surface area contributed by atoms with Gasteiger partial charge in [-0.05, 0) is 42.8 Å². The lowest BCUT2D eigenvalue weighted by atomic mass is 10.2. The third-order valence-corrected chi connectivity index (χ3v) is 6.68. The maximum absolute atomic E-state index is 12.7. The molecule has 6 N–H and O–H groups in total. The van der Waals surface area contributed by atoms with E-state index in [9.17, 15) is 9.59 Å². The number of hydrogen-bond donors (Lipinski definition) is 4. The minimum Gasteiger partial charge on any atom is -0.368 e. The Morgan fingerprint density at radius 1 is 1.19 bits per heavy atom. The SMILES string of the molecule is C[C@H](N)C(=O)NCc1cc(Cl)c2nc(NC(=O)c3ccc(-c4ccnc(N)n4)s3)sc2c1. The number of amides is 2. The Kier molecular flexibility index (Phi) is 6.33. The molecule has 0 fully saturated rings. The van der Waals surface area contributed by atoms with Crippen LogP contribution in [-0.4, -0.2) is 32.8 Å². The van der Waals surface area contributed by atoms with E-state index < -0.39 is 6.04 Å². The number of nitrogens with two attached hydrogens (primary N) is 2. The molecule has 4 aromatic rings. The summed E-state index contributed by atoms with van der Waals surface area (Å²) in [5, 5.41) is 6.41. The maximum atomic E-state index is 12.7. The van der Waals surface area contributed by atoms with E-state index in [2.05, 4.69) is 25.6 Å². The predicted octanol–water partition coefficient (Wildman–Crippen LogP) is 3.27. The summed E-state index contributed by atoms with van der Waals surface area (Å²) in [5.74, 6) is -0.369. The lowest BCUT2D eigenvalue weighted by molar-refractivity contribution is -0.122. The Bertz CT molecular complexity index is 1320. The van der Waals surface area contributed by atoms with E-state index in [-0.39, 0.29) is 17.8 Å². The van der Waals surface area contributed by atoms with Gasteiger partial charge in [0.25, 0.3) is 5.91 Å². The van der Waals surface area contributed by atoms with Gasteiger partial charge >= 0.3 is 0 Å². The van der Waals surface area contributed by atoms with Gasteiger partial charge in [-0.3, -0.25) is 14.9 Å². The summed E-state index contributed by atoms with van der Waals surface area (Å²) in [6, 6.07) is 8.26. The summed E-state index contributed by atoms with van der Waals surface area (Å²) in [6.07, 6.45) is 1.57. The molecule has 0 aliphatic heterocycles. The minimum atomic E-state index is -0.594.